The van der Waals surface area contributed by atoms with Crippen LogP contribution in [-0.2, 0) is 4.79 Å². The number of hydrogen-bond donors (Lipinski definition) is 4. The molecule has 1 atom stereocenters. The molecule has 11 heteroatoms. The minimum atomic E-state index is -0.292. The van der Waals surface area contributed by atoms with Crippen molar-refractivity contribution in [3.05, 3.63) is 59.3 Å². The van der Waals surface area contributed by atoms with Gasteiger partial charge in [-0.1, -0.05) is 6.07 Å². The topological polar surface area (TPSA) is 143 Å². The lowest BCUT2D eigenvalue weighted by atomic mass is 10.2. The van der Waals surface area contributed by atoms with Crippen LogP contribution in [0, 0.1) is 0 Å². The normalized spacial score (nSPS) is 15.7. The maximum Gasteiger partial charge on any atom is 0.261 e. The molecule has 1 fully saturated rings. The maximum atomic E-state index is 12.5. The molecule has 0 spiro atoms. The van der Waals surface area contributed by atoms with E-state index in [-0.39, 0.29) is 17.5 Å². The van der Waals surface area contributed by atoms with Crippen LogP contribution in [0.25, 0.3) is 16.6 Å². The van der Waals surface area contributed by atoms with E-state index in [4.69, 9.17) is 0 Å². The van der Waals surface area contributed by atoms with E-state index < -0.39 is 0 Å². The first-order valence-corrected chi connectivity index (χ1v) is 9.82. The van der Waals surface area contributed by atoms with Gasteiger partial charge in [0.25, 0.3) is 5.56 Å². The number of carbonyl (C=O) groups excluding carboxylic acids is 1. The van der Waals surface area contributed by atoms with Crippen molar-refractivity contribution in [2.75, 3.05) is 17.2 Å². The summed E-state index contributed by atoms with van der Waals surface area (Å²) in [6.45, 7) is 0.500. The highest BCUT2D eigenvalue weighted by molar-refractivity contribution is 5.91. The minimum absolute atomic E-state index is 0.0284. The number of pyridine rings is 1. The molecule has 1 amide bonds. The highest BCUT2D eigenvalue weighted by Crippen LogP contribution is 2.24. The molecule has 4 N–H and O–H groups in total. The molecule has 0 bridgehead atoms. The molecule has 3 aromatic heterocycles. The molecule has 11 nitrogen and oxygen atoms in total. The summed E-state index contributed by atoms with van der Waals surface area (Å²) in [5.74, 6) is 0.786. The second kappa shape index (κ2) is 7.86. The van der Waals surface area contributed by atoms with Gasteiger partial charge in [0.2, 0.25) is 11.9 Å². The Bertz CT molecular complexity index is 1300. The zero-order chi connectivity index (χ0) is 21.2. The van der Waals surface area contributed by atoms with Crippen molar-refractivity contribution in [2.45, 2.75) is 18.9 Å². The van der Waals surface area contributed by atoms with Crippen LogP contribution in [0.1, 0.15) is 12.8 Å². The van der Waals surface area contributed by atoms with Crippen LogP contribution in [0.3, 0.4) is 0 Å². The first-order chi connectivity index (χ1) is 15.2. The SMILES string of the molecule is O=C1CCC(CNc2nc(Nc3cccc(-n4nccn4)c3)c3c(=O)[nH]ccc3n2)N1. The van der Waals surface area contributed by atoms with Crippen molar-refractivity contribution in [1.82, 2.24) is 35.3 Å². The van der Waals surface area contributed by atoms with E-state index in [1.807, 2.05) is 24.3 Å². The van der Waals surface area contributed by atoms with Crippen LogP contribution in [0.5, 0.6) is 0 Å². The van der Waals surface area contributed by atoms with Crippen LogP contribution in [0.2, 0.25) is 0 Å². The predicted octanol–water partition coefficient (Wildman–Crippen LogP) is 1.33. The van der Waals surface area contributed by atoms with Crippen molar-refractivity contribution in [1.29, 1.82) is 0 Å². The number of carbonyl (C=O) groups is 1. The molecule has 0 saturated carbocycles. The van der Waals surface area contributed by atoms with E-state index in [0.717, 1.165) is 12.1 Å². The standard InChI is InChI=1S/C20H19N9O2/c30-16-5-4-13(25-16)11-22-20-27-15-6-7-21-19(31)17(15)18(28-20)26-12-2-1-3-14(10-12)29-23-8-9-24-29/h1-3,6-10,13H,4-5,11H2,(H,21,31)(H,25,30)(H2,22,26,27,28). The highest BCUT2D eigenvalue weighted by Gasteiger charge is 2.21. The predicted molar refractivity (Wildman–Crippen MR) is 114 cm³/mol. The Balaban J connectivity index is 1.47. The summed E-state index contributed by atoms with van der Waals surface area (Å²) in [7, 11) is 0. The molecule has 0 aliphatic carbocycles. The van der Waals surface area contributed by atoms with Gasteiger partial charge >= 0.3 is 0 Å². The molecule has 5 rings (SSSR count). The van der Waals surface area contributed by atoms with E-state index in [2.05, 4.69) is 41.1 Å². The Labute approximate surface area is 175 Å². The monoisotopic (exact) mass is 417 g/mol. The molecule has 4 aromatic rings. The molecule has 1 aliphatic heterocycles. The number of aromatic nitrogens is 6. The molecule has 1 aliphatic rings. The number of fused-ring (bicyclic) bond motifs is 1. The highest BCUT2D eigenvalue weighted by atomic mass is 16.2. The van der Waals surface area contributed by atoms with Crippen molar-refractivity contribution < 1.29 is 4.79 Å². The fourth-order valence-electron chi connectivity index (χ4n) is 3.50. The Morgan fingerprint density at radius 2 is 2.00 bits per heavy atom. The quantitative estimate of drug-likeness (QED) is 0.368. The smallest absolute Gasteiger partial charge is 0.261 e. The summed E-state index contributed by atoms with van der Waals surface area (Å²) in [4.78, 5) is 37.1. The molecular weight excluding hydrogens is 398 g/mol. The Kier molecular flexibility index (Phi) is 4.75. The summed E-state index contributed by atoms with van der Waals surface area (Å²) in [5, 5.41) is 17.9. The summed E-state index contributed by atoms with van der Waals surface area (Å²) in [5.41, 5.74) is 1.69. The van der Waals surface area contributed by atoms with Gasteiger partial charge in [-0.05, 0) is 30.7 Å². The molecule has 1 unspecified atom stereocenters. The molecule has 0 radical (unpaired) electrons. The van der Waals surface area contributed by atoms with E-state index in [1.165, 1.54) is 4.80 Å². The van der Waals surface area contributed by atoms with Gasteiger partial charge in [0.05, 0.1) is 23.6 Å². The van der Waals surface area contributed by atoms with Gasteiger partial charge < -0.3 is 20.9 Å². The van der Waals surface area contributed by atoms with Crippen LogP contribution in [0.4, 0.5) is 17.5 Å². The van der Waals surface area contributed by atoms with Gasteiger partial charge in [0.1, 0.15) is 11.2 Å². The van der Waals surface area contributed by atoms with Crippen LogP contribution >= 0.6 is 0 Å². The van der Waals surface area contributed by atoms with Gasteiger partial charge in [-0.3, -0.25) is 9.59 Å². The number of nitrogens with one attached hydrogen (secondary N) is 4. The second-order valence-corrected chi connectivity index (χ2v) is 7.14. The number of hydrogen-bond acceptors (Lipinski definition) is 8. The lowest BCUT2D eigenvalue weighted by molar-refractivity contribution is -0.119. The van der Waals surface area contributed by atoms with Crippen molar-refractivity contribution >= 4 is 34.3 Å². The molecule has 4 heterocycles. The van der Waals surface area contributed by atoms with Gasteiger partial charge in [-0.15, -0.1) is 0 Å². The third-order valence-corrected chi connectivity index (χ3v) is 4.97. The number of H-pyrrole nitrogens is 1. The lowest BCUT2D eigenvalue weighted by Gasteiger charge is -2.14. The Hall–Kier alpha value is -4.28. The number of amides is 1. The van der Waals surface area contributed by atoms with Crippen LogP contribution in [-0.4, -0.2) is 48.4 Å². The fourth-order valence-corrected chi connectivity index (χ4v) is 3.50. The second-order valence-electron chi connectivity index (χ2n) is 7.14. The van der Waals surface area contributed by atoms with Crippen LogP contribution < -0.4 is 21.5 Å². The van der Waals surface area contributed by atoms with Crippen molar-refractivity contribution in [3.63, 3.8) is 0 Å². The summed E-state index contributed by atoms with van der Waals surface area (Å²) >= 11 is 0. The third-order valence-electron chi connectivity index (χ3n) is 4.97. The fraction of sp³-hybridized carbons (Fsp3) is 0.200. The largest absolute Gasteiger partial charge is 0.352 e. The minimum Gasteiger partial charge on any atom is -0.352 e. The number of aromatic amines is 1. The average Bonchev–Trinajstić information content (AvgIpc) is 3.44. The number of anilines is 3. The number of nitrogens with zero attached hydrogens (tertiary/aromatic N) is 5. The summed E-state index contributed by atoms with van der Waals surface area (Å²) < 4.78 is 0. The Morgan fingerprint density at radius 3 is 2.81 bits per heavy atom. The molecule has 1 aromatic carbocycles. The molecular formula is C20H19N9O2. The first-order valence-electron chi connectivity index (χ1n) is 9.82. The molecule has 156 valence electrons. The zero-order valence-corrected chi connectivity index (χ0v) is 16.4. The lowest BCUT2D eigenvalue weighted by Crippen LogP contribution is -2.32. The molecule has 1 saturated heterocycles. The maximum absolute atomic E-state index is 12.5. The first kappa shape index (κ1) is 18.7. The van der Waals surface area contributed by atoms with E-state index in [1.54, 1.807) is 24.7 Å². The Morgan fingerprint density at radius 1 is 1.13 bits per heavy atom. The summed E-state index contributed by atoms with van der Waals surface area (Å²) in [6, 6.07) is 9.19. The average molecular weight is 417 g/mol. The van der Waals surface area contributed by atoms with E-state index in [0.29, 0.717) is 41.3 Å². The van der Waals surface area contributed by atoms with Gasteiger partial charge in [0.15, 0.2) is 0 Å². The summed E-state index contributed by atoms with van der Waals surface area (Å²) in [6.07, 6.45) is 6.03. The van der Waals surface area contributed by atoms with E-state index in [9.17, 15) is 9.59 Å². The number of rotatable bonds is 6. The van der Waals surface area contributed by atoms with Crippen molar-refractivity contribution in [2.24, 2.45) is 0 Å². The van der Waals surface area contributed by atoms with E-state index >= 15 is 0 Å². The van der Waals surface area contributed by atoms with Crippen molar-refractivity contribution in [3.8, 4) is 5.69 Å². The van der Waals surface area contributed by atoms with Gasteiger partial charge in [0, 0.05) is 30.9 Å². The number of benzene rings is 1. The molecule has 31 heavy (non-hydrogen) atoms. The van der Waals surface area contributed by atoms with Crippen LogP contribution in [0.15, 0.2) is 53.7 Å². The third kappa shape index (κ3) is 3.92. The van der Waals surface area contributed by atoms with Gasteiger partial charge in [-0.25, -0.2) is 4.98 Å². The van der Waals surface area contributed by atoms with Gasteiger partial charge in [-0.2, -0.15) is 20.0 Å². The zero-order valence-electron chi connectivity index (χ0n) is 16.4.